The molecule has 0 aliphatic carbocycles. The van der Waals surface area contributed by atoms with Gasteiger partial charge in [0, 0.05) is 49.0 Å². The Balaban J connectivity index is 1.38. The Kier molecular flexibility index (Phi) is 4.71. The van der Waals surface area contributed by atoms with Gasteiger partial charge in [0.15, 0.2) is 0 Å². The predicted molar refractivity (Wildman–Crippen MR) is 85.9 cm³/mol. The van der Waals surface area contributed by atoms with Gasteiger partial charge in [-0.1, -0.05) is 0 Å². The number of rotatable bonds is 6. The first-order valence-corrected chi connectivity index (χ1v) is 8.41. The number of likely N-dealkylation sites (tertiary alicyclic amines) is 1. The summed E-state index contributed by atoms with van der Waals surface area (Å²) in [7, 11) is 0. The molecule has 0 bridgehead atoms. The average molecular weight is 333 g/mol. The average Bonchev–Trinajstić information content (AvgIpc) is 3.14. The van der Waals surface area contributed by atoms with Crippen molar-refractivity contribution in [1.82, 2.24) is 24.8 Å². The number of thiazole rings is 1. The van der Waals surface area contributed by atoms with Crippen molar-refractivity contribution in [2.75, 3.05) is 13.1 Å². The molecule has 122 valence electrons. The molecule has 3 rings (SSSR count). The minimum Gasteiger partial charge on any atom is -0.349 e. The highest BCUT2D eigenvalue weighted by Gasteiger charge is 2.32. The Morgan fingerprint density at radius 3 is 2.91 bits per heavy atom. The van der Waals surface area contributed by atoms with Gasteiger partial charge >= 0.3 is 0 Å². The Morgan fingerprint density at radius 2 is 2.26 bits per heavy atom. The van der Waals surface area contributed by atoms with E-state index in [1.54, 1.807) is 29.1 Å². The summed E-state index contributed by atoms with van der Waals surface area (Å²) >= 11 is 1.47. The maximum atomic E-state index is 12.2. The van der Waals surface area contributed by atoms with E-state index < -0.39 is 0 Å². The first kappa shape index (κ1) is 15.7. The Morgan fingerprint density at radius 1 is 1.43 bits per heavy atom. The van der Waals surface area contributed by atoms with Crippen molar-refractivity contribution in [3.05, 3.63) is 35.3 Å². The quantitative estimate of drug-likeness (QED) is 0.850. The highest BCUT2D eigenvalue weighted by molar-refractivity contribution is 7.09. The zero-order chi connectivity index (χ0) is 16.2. The standard InChI is InChI=1S/C15H19N5O2S/c1-11(19-3-2-16-9-19)4-15(22)20-7-12(8-20)18-14(21)5-13-6-17-10-23-13/h2-3,6,9-12H,4-5,7-8H2,1H3,(H,18,21). The van der Waals surface area contributed by atoms with E-state index in [0.717, 1.165) is 4.88 Å². The molecule has 1 N–H and O–H groups in total. The zero-order valence-electron chi connectivity index (χ0n) is 12.9. The van der Waals surface area contributed by atoms with E-state index in [1.165, 1.54) is 11.3 Å². The number of carbonyl (C=O) groups excluding carboxylic acids is 2. The number of nitrogens with zero attached hydrogens (tertiary/aromatic N) is 4. The van der Waals surface area contributed by atoms with Crippen LogP contribution in [0.3, 0.4) is 0 Å². The van der Waals surface area contributed by atoms with Gasteiger partial charge in [-0.05, 0) is 6.92 Å². The topological polar surface area (TPSA) is 80.1 Å². The third-order valence-electron chi connectivity index (χ3n) is 3.92. The normalized spacial score (nSPS) is 16.0. The highest BCUT2D eigenvalue weighted by Crippen LogP contribution is 2.16. The monoisotopic (exact) mass is 333 g/mol. The van der Waals surface area contributed by atoms with E-state index in [0.29, 0.717) is 25.9 Å². The van der Waals surface area contributed by atoms with E-state index in [2.05, 4.69) is 15.3 Å². The lowest BCUT2D eigenvalue weighted by Crippen LogP contribution is -2.61. The summed E-state index contributed by atoms with van der Waals surface area (Å²) in [6.07, 6.45) is 7.79. The van der Waals surface area contributed by atoms with E-state index in [9.17, 15) is 9.59 Å². The maximum absolute atomic E-state index is 12.2. The molecule has 2 amide bonds. The molecule has 3 heterocycles. The van der Waals surface area contributed by atoms with Crippen molar-refractivity contribution in [3.63, 3.8) is 0 Å². The van der Waals surface area contributed by atoms with Crippen LogP contribution in [0, 0.1) is 0 Å². The van der Waals surface area contributed by atoms with Gasteiger partial charge in [-0.15, -0.1) is 11.3 Å². The van der Waals surface area contributed by atoms with E-state index in [4.69, 9.17) is 0 Å². The largest absolute Gasteiger partial charge is 0.349 e. The molecule has 0 radical (unpaired) electrons. The van der Waals surface area contributed by atoms with Crippen LogP contribution in [-0.4, -0.2) is 50.4 Å². The molecule has 23 heavy (non-hydrogen) atoms. The summed E-state index contributed by atoms with van der Waals surface area (Å²) in [5.41, 5.74) is 1.72. The number of amides is 2. The zero-order valence-corrected chi connectivity index (χ0v) is 13.7. The summed E-state index contributed by atoms with van der Waals surface area (Å²) in [4.78, 5) is 34.7. The first-order valence-electron chi connectivity index (χ1n) is 7.53. The number of carbonyl (C=O) groups is 2. The van der Waals surface area contributed by atoms with Crippen LogP contribution < -0.4 is 5.32 Å². The first-order chi connectivity index (χ1) is 11.1. The molecule has 1 atom stereocenters. The Labute approximate surface area is 138 Å². The van der Waals surface area contributed by atoms with Crippen molar-refractivity contribution in [2.45, 2.75) is 31.8 Å². The second kappa shape index (κ2) is 6.91. The molecule has 1 saturated heterocycles. The predicted octanol–water partition coefficient (Wildman–Crippen LogP) is 0.860. The fourth-order valence-corrected chi connectivity index (χ4v) is 3.15. The van der Waals surface area contributed by atoms with E-state index in [1.807, 2.05) is 17.7 Å². The van der Waals surface area contributed by atoms with Gasteiger partial charge in [0.1, 0.15) is 0 Å². The van der Waals surface area contributed by atoms with Crippen molar-refractivity contribution < 1.29 is 9.59 Å². The lowest BCUT2D eigenvalue weighted by molar-refractivity contribution is -0.138. The number of hydrogen-bond acceptors (Lipinski definition) is 5. The van der Waals surface area contributed by atoms with Crippen LogP contribution in [0.15, 0.2) is 30.4 Å². The van der Waals surface area contributed by atoms with Crippen LogP contribution in [0.1, 0.15) is 24.3 Å². The molecule has 1 aliphatic heterocycles. The van der Waals surface area contributed by atoms with Gasteiger partial charge in [-0.2, -0.15) is 0 Å². The third-order valence-corrected chi connectivity index (χ3v) is 4.70. The van der Waals surface area contributed by atoms with Crippen LogP contribution in [0.5, 0.6) is 0 Å². The van der Waals surface area contributed by atoms with Gasteiger partial charge in [0.05, 0.1) is 24.3 Å². The van der Waals surface area contributed by atoms with Gasteiger partial charge in [-0.3, -0.25) is 14.6 Å². The number of nitrogens with one attached hydrogen (secondary N) is 1. The number of aromatic nitrogens is 3. The second-order valence-electron chi connectivity index (χ2n) is 5.77. The minimum atomic E-state index is -0.0156. The van der Waals surface area contributed by atoms with Crippen molar-refractivity contribution >= 4 is 23.2 Å². The summed E-state index contributed by atoms with van der Waals surface area (Å²) in [6, 6.07) is 0.146. The number of imidazole rings is 1. The van der Waals surface area contributed by atoms with Crippen LogP contribution in [-0.2, 0) is 16.0 Å². The van der Waals surface area contributed by atoms with Crippen molar-refractivity contribution in [1.29, 1.82) is 0 Å². The molecule has 7 nitrogen and oxygen atoms in total. The number of hydrogen-bond donors (Lipinski definition) is 1. The van der Waals surface area contributed by atoms with Gasteiger partial charge in [0.2, 0.25) is 11.8 Å². The molecule has 1 aliphatic rings. The Hall–Kier alpha value is -2.22. The molecule has 0 saturated carbocycles. The molecule has 1 unspecified atom stereocenters. The van der Waals surface area contributed by atoms with Gasteiger partial charge < -0.3 is 14.8 Å². The smallest absolute Gasteiger partial charge is 0.225 e. The molecular formula is C15H19N5O2S. The Bertz CT molecular complexity index is 649. The van der Waals surface area contributed by atoms with Crippen LogP contribution >= 0.6 is 11.3 Å². The second-order valence-corrected chi connectivity index (χ2v) is 6.74. The maximum Gasteiger partial charge on any atom is 0.225 e. The van der Waals surface area contributed by atoms with Crippen LogP contribution in [0.25, 0.3) is 0 Å². The lowest BCUT2D eigenvalue weighted by Gasteiger charge is -2.40. The molecule has 1 fully saturated rings. The van der Waals surface area contributed by atoms with E-state index >= 15 is 0 Å². The summed E-state index contributed by atoms with van der Waals surface area (Å²) in [5.74, 6) is 0.0947. The summed E-state index contributed by atoms with van der Waals surface area (Å²) < 4.78 is 1.92. The molecular weight excluding hydrogens is 314 g/mol. The fraction of sp³-hybridized carbons (Fsp3) is 0.467. The van der Waals surface area contributed by atoms with Gasteiger partial charge in [-0.25, -0.2) is 4.98 Å². The van der Waals surface area contributed by atoms with E-state index in [-0.39, 0.29) is 23.9 Å². The van der Waals surface area contributed by atoms with Crippen LogP contribution in [0.4, 0.5) is 0 Å². The van der Waals surface area contributed by atoms with Crippen molar-refractivity contribution in [2.24, 2.45) is 0 Å². The minimum absolute atomic E-state index is 0.0156. The van der Waals surface area contributed by atoms with Gasteiger partial charge in [0.25, 0.3) is 0 Å². The van der Waals surface area contributed by atoms with Crippen molar-refractivity contribution in [3.8, 4) is 0 Å². The third kappa shape index (κ3) is 3.95. The SMILES string of the molecule is CC(CC(=O)N1CC(NC(=O)Cc2cncs2)C1)n1ccnc1. The molecule has 8 heteroatoms. The summed E-state index contributed by atoms with van der Waals surface area (Å²) in [6.45, 7) is 3.17. The van der Waals surface area contributed by atoms with Crippen LogP contribution in [0.2, 0.25) is 0 Å². The molecule has 2 aromatic rings. The fourth-order valence-electron chi connectivity index (χ4n) is 2.56. The molecule has 2 aromatic heterocycles. The lowest BCUT2D eigenvalue weighted by atomic mass is 10.1. The molecule has 0 spiro atoms. The highest BCUT2D eigenvalue weighted by atomic mass is 32.1. The molecule has 0 aromatic carbocycles. The summed E-state index contributed by atoms with van der Waals surface area (Å²) in [5, 5.41) is 2.95.